The van der Waals surface area contributed by atoms with Crippen LogP contribution in [0.3, 0.4) is 0 Å². The quantitative estimate of drug-likeness (QED) is 0.690. The number of halogens is 1. The van der Waals surface area contributed by atoms with E-state index in [1.807, 2.05) is 18.2 Å². The first-order chi connectivity index (χ1) is 9.79. The average Bonchev–Trinajstić information content (AvgIpc) is 2.40. The Labute approximate surface area is 127 Å². The molecule has 0 amide bonds. The van der Waals surface area contributed by atoms with E-state index in [0.717, 1.165) is 5.56 Å². The van der Waals surface area contributed by atoms with Crippen molar-refractivity contribution in [3.05, 3.63) is 51.0 Å². The summed E-state index contributed by atoms with van der Waals surface area (Å²) in [6.45, 7) is 3.42. The molecule has 7 heteroatoms. The Balaban J connectivity index is 2.30. The number of rotatable bonds is 4. The highest BCUT2D eigenvalue weighted by atomic mass is 35.5. The third kappa shape index (κ3) is 3.53. The van der Waals surface area contributed by atoms with Gasteiger partial charge in [-0.25, -0.2) is 4.98 Å². The van der Waals surface area contributed by atoms with Crippen molar-refractivity contribution in [2.45, 2.75) is 26.0 Å². The van der Waals surface area contributed by atoms with Crippen LogP contribution in [-0.2, 0) is 12.1 Å². The van der Waals surface area contributed by atoms with Gasteiger partial charge in [0.15, 0.2) is 5.82 Å². The van der Waals surface area contributed by atoms with Crippen LogP contribution in [0.1, 0.15) is 25.2 Å². The van der Waals surface area contributed by atoms with Crippen molar-refractivity contribution in [3.8, 4) is 0 Å². The van der Waals surface area contributed by atoms with Crippen LogP contribution in [0.15, 0.2) is 29.1 Å². The number of nitrogens with one attached hydrogen (secondary N) is 2. The smallest absolute Gasteiger partial charge is 0.276 e. The van der Waals surface area contributed by atoms with Crippen molar-refractivity contribution in [1.29, 1.82) is 0 Å². The van der Waals surface area contributed by atoms with E-state index in [1.54, 1.807) is 6.07 Å². The predicted molar refractivity (Wildman–Crippen MR) is 83.3 cm³/mol. The zero-order chi connectivity index (χ0) is 15.6. The number of hydrogen-bond donors (Lipinski definition) is 4. The minimum absolute atomic E-state index is 0.0324. The van der Waals surface area contributed by atoms with Gasteiger partial charge in [-0.1, -0.05) is 29.8 Å². The van der Waals surface area contributed by atoms with Gasteiger partial charge in [0.25, 0.3) is 5.56 Å². The molecule has 0 radical (unpaired) electrons. The number of aromatic nitrogens is 2. The molecule has 0 aliphatic heterocycles. The summed E-state index contributed by atoms with van der Waals surface area (Å²) in [6.07, 6.45) is 0. The Kier molecular flexibility index (Phi) is 4.20. The van der Waals surface area contributed by atoms with Gasteiger partial charge in [0, 0.05) is 11.6 Å². The fraction of sp³-hybridized carbons (Fsp3) is 0.286. The van der Waals surface area contributed by atoms with Gasteiger partial charge in [-0.15, -0.1) is 0 Å². The number of H-pyrrole nitrogens is 1. The Bertz CT molecular complexity index is 707. The van der Waals surface area contributed by atoms with Crippen LogP contribution < -0.4 is 16.6 Å². The van der Waals surface area contributed by atoms with Gasteiger partial charge in [-0.05, 0) is 25.5 Å². The van der Waals surface area contributed by atoms with E-state index in [0.29, 0.717) is 11.6 Å². The number of nitrogens with zero attached hydrogens (tertiary/aromatic N) is 1. The summed E-state index contributed by atoms with van der Waals surface area (Å²) in [7, 11) is 0. The van der Waals surface area contributed by atoms with Gasteiger partial charge < -0.3 is 21.1 Å². The molecular weight excluding hydrogens is 292 g/mol. The summed E-state index contributed by atoms with van der Waals surface area (Å²) in [5.74, 6) is 0.360. The maximum Gasteiger partial charge on any atom is 0.276 e. The molecule has 1 aromatic carbocycles. The first kappa shape index (κ1) is 15.3. The first-order valence-electron chi connectivity index (χ1n) is 6.39. The van der Waals surface area contributed by atoms with Crippen molar-refractivity contribution in [2.24, 2.45) is 0 Å². The molecule has 0 fully saturated rings. The molecule has 0 aliphatic carbocycles. The van der Waals surface area contributed by atoms with Crippen LogP contribution in [0.4, 0.5) is 11.5 Å². The minimum Gasteiger partial charge on any atom is -0.391 e. The van der Waals surface area contributed by atoms with Gasteiger partial charge in [0.2, 0.25) is 0 Å². The second-order valence-electron chi connectivity index (χ2n) is 5.18. The van der Waals surface area contributed by atoms with E-state index in [1.165, 1.54) is 13.8 Å². The molecule has 0 spiro atoms. The number of nitrogen functional groups attached to an aromatic ring is 1. The number of aromatic amines is 1. The highest BCUT2D eigenvalue weighted by Crippen LogP contribution is 2.20. The van der Waals surface area contributed by atoms with E-state index >= 15 is 0 Å². The number of nitrogens with two attached hydrogens (primary N) is 1. The van der Waals surface area contributed by atoms with Gasteiger partial charge >= 0.3 is 0 Å². The number of hydrogen-bond acceptors (Lipinski definition) is 5. The lowest BCUT2D eigenvalue weighted by molar-refractivity contribution is 0.0686. The predicted octanol–water partition coefficient (Wildman–Crippen LogP) is 1.84. The molecule has 0 bridgehead atoms. The minimum atomic E-state index is -1.27. The molecule has 2 aromatic rings. The molecule has 2 rings (SSSR count). The highest BCUT2D eigenvalue weighted by molar-refractivity contribution is 6.31. The molecule has 6 nitrogen and oxygen atoms in total. The number of aliphatic hydroxyl groups is 1. The van der Waals surface area contributed by atoms with E-state index in [4.69, 9.17) is 17.3 Å². The van der Waals surface area contributed by atoms with Gasteiger partial charge in [0.1, 0.15) is 17.1 Å². The van der Waals surface area contributed by atoms with E-state index in [2.05, 4.69) is 15.3 Å². The van der Waals surface area contributed by atoms with Crippen LogP contribution >= 0.6 is 11.6 Å². The zero-order valence-corrected chi connectivity index (χ0v) is 12.5. The molecule has 0 saturated carbocycles. The lowest BCUT2D eigenvalue weighted by Gasteiger charge is -2.18. The normalized spacial score (nSPS) is 11.4. The average molecular weight is 309 g/mol. The number of benzene rings is 1. The maximum atomic E-state index is 11.8. The Morgan fingerprint density at radius 3 is 2.71 bits per heavy atom. The van der Waals surface area contributed by atoms with E-state index in [-0.39, 0.29) is 17.3 Å². The SMILES string of the molecule is CC(C)(O)c1nc(NCc2ccccc2Cl)c(N)c(=O)[nH]1. The van der Waals surface area contributed by atoms with Crippen LogP contribution in [0, 0.1) is 0 Å². The lowest BCUT2D eigenvalue weighted by atomic mass is 10.1. The van der Waals surface area contributed by atoms with Crippen molar-refractivity contribution in [1.82, 2.24) is 9.97 Å². The zero-order valence-electron chi connectivity index (χ0n) is 11.8. The lowest BCUT2D eigenvalue weighted by Crippen LogP contribution is -2.27. The third-order valence-electron chi connectivity index (χ3n) is 2.94. The van der Waals surface area contributed by atoms with Crippen molar-refractivity contribution in [3.63, 3.8) is 0 Å². The third-order valence-corrected chi connectivity index (χ3v) is 3.31. The van der Waals surface area contributed by atoms with Crippen molar-refractivity contribution in [2.75, 3.05) is 11.1 Å². The monoisotopic (exact) mass is 308 g/mol. The molecule has 1 heterocycles. The van der Waals surface area contributed by atoms with Crippen LogP contribution in [0.2, 0.25) is 5.02 Å². The van der Waals surface area contributed by atoms with Crippen molar-refractivity contribution < 1.29 is 5.11 Å². The van der Waals surface area contributed by atoms with Crippen LogP contribution in [-0.4, -0.2) is 15.1 Å². The first-order valence-corrected chi connectivity index (χ1v) is 6.77. The van der Waals surface area contributed by atoms with Crippen molar-refractivity contribution >= 4 is 23.1 Å². The van der Waals surface area contributed by atoms with E-state index < -0.39 is 11.2 Å². The molecule has 0 atom stereocenters. The largest absolute Gasteiger partial charge is 0.391 e. The molecule has 112 valence electrons. The topological polar surface area (TPSA) is 104 Å². The van der Waals surface area contributed by atoms with Crippen LogP contribution in [0.5, 0.6) is 0 Å². The summed E-state index contributed by atoms with van der Waals surface area (Å²) >= 11 is 6.07. The summed E-state index contributed by atoms with van der Waals surface area (Å²) in [6, 6.07) is 7.32. The highest BCUT2D eigenvalue weighted by Gasteiger charge is 2.21. The number of anilines is 2. The molecule has 0 unspecified atom stereocenters. The van der Waals surface area contributed by atoms with Gasteiger partial charge in [-0.2, -0.15) is 0 Å². The summed E-state index contributed by atoms with van der Waals surface area (Å²) in [5, 5.41) is 13.5. The second kappa shape index (κ2) is 5.75. The van der Waals surface area contributed by atoms with E-state index in [9.17, 15) is 9.90 Å². The molecule has 21 heavy (non-hydrogen) atoms. The maximum absolute atomic E-state index is 11.8. The van der Waals surface area contributed by atoms with Gasteiger partial charge in [0.05, 0.1) is 0 Å². The molecular formula is C14H17ClN4O2. The summed E-state index contributed by atoms with van der Waals surface area (Å²) in [5.41, 5.74) is 4.77. The Morgan fingerprint density at radius 2 is 2.10 bits per heavy atom. The second-order valence-corrected chi connectivity index (χ2v) is 5.59. The van der Waals surface area contributed by atoms with Crippen LogP contribution in [0.25, 0.3) is 0 Å². The molecule has 0 aliphatic rings. The van der Waals surface area contributed by atoms with Gasteiger partial charge in [-0.3, -0.25) is 4.79 Å². The molecule has 0 saturated heterocycles. The Hall–Kier alpha value is -2.05. The standard InChI is InChI=1S/C14H17ClN4O2/c1-14(2,21)13-18-11(10(16)12(20)19-13)17-7-8-5-3-4-6-9(8)15/h3-6,21H,7,16H2,1-2H3,(H2,17,18,19,20). The molecule has 1 aromatic heterocycles. The molecule has 5 N–H and O–H groups in total. The summed E-state index contributed by atoms with van der Waals surface area (Å²) in [4.78, 5) is 18.4. The Morgan fingerprint density at radius 1 is 1.43 bits per heavy atom. The fourth-order valence-electron chi connectivity index (χ4n) is 1.73. The summed E-state index contributed by atoms with van der Waals surface area (Å²) < 4.78 is 0. The fourth-order valence-corrected chi connectivity index (χ4v) is 1.93.